The number of piperidine rings is 1. The minimum absolute atomic E-state index is 0.0313. The van der Waals surface area contributed by atoms with Crippen molar-refractivity contribution in [2.75, 3.05) is 26.7 Å². The van der Waals surface area contributed by atoms with E-state index in [4.69, 9.17) is 0 Å². The van der Waals surface area contributed by atoms with Gasteiger partial charge in [-0.25, -0.2) is 0 Å². The van der Waals surface area contributed by atoms with Crippen LogP contribution in [0, 0.1) is 6.92 Å². The van der Waals surface area contributed by atoms with Crippen LogP contribution in [0.2, 0.25) is 0 Å². The number of H-pyrrole nitrogens is 1. The smallest absolute Gasteiger partial charge is 0.270 e. The molecule has 0 aliphatic carbocycles. The van der Waals surface area contributed by atoms with Gasteiger partial charge >= 0.3 is 0 Å². The summed E-state index contributed by atoms with van der Waals surface area (Å²) in [6, 6.07) is 8.06. The first-order chi connectivity index (χ1) is 13.6. The third kappa shape index (κ3) is 2.90. The molecule has 7 nitrogen and oxygen atoms in total. The Morgan fingerprint density at radius 3 is 2.93 bits per heavy atom. The van der Waals surface area contributed by atoms with E-state index in [9.17, 15) is 4.79 Å². The summed E-state index contributed by atoms with van der Waals surface area (Å²) in [6.45, 7) is 6.23. The fourth-order valence-corrected chi connectivity index (χ4v) is 4.63. The third-order valence-corrected chi connectivity index (χ3v) is 6.17. The summed E-state index contributed by atoms with van der Waals surface area (Å²) >= 11 is 0. The van der Waals surface area contributed by atoms with E-state index in [0.29, 0.717) is 24.7 Å². The number of fused-ring (bicyclic) bond motifs is 2. The first-order valence-electron chi connectivity index (χ1n) is 10.1. The van der Waals surface area contributed by atoms with E-state index < -0.39 is 0 Å². The Labute approximate surface area is 164 Å². The molecule has 2 aliphatic rings. The molecule has 1 amide bonds. The van der Waals surface area contributed by atoms with Crippen LogP contribution in [0.1, 0.15) is 46.5 Å². The van der Waals surface area contributed by atoms with Crippen molar-refractivity contribution in [3.05, 3.63) is 47.2 Å². The van der Waals surface area contributed by atoms with Crippen molar-refractivity contribution in [3.63, 3.8) is 0 Å². The largest absolute Gasteiger partial charge is 0.351 e. The molecule has 0 spiro atoms. The molecule has 0 saturated carbocycles. The lowest BCUT2D eigenvalue weighted by molar-refractivity contribution is 0.0700. The van der Waals surface area contributed by atoms with E-state index in [2.05, 4.69) is 44.7 Å². The van der Waals surface area contributed by atoms with Gasteiger partial charge in [-0.15, -0.1) is 10.2 Å². The number of nitrogens with one attached hydrogen (secondary N) is 1. The average molecular weight is 378 g/mol. The number of aromatic amines is 1. The third-order valence-electron chi connectivity index (χ3n) is 6.17. The number of aromatic nitrogens is 4. The van der Waals surface area contributed by atoms with Crippen LogP contribution >= 0.6 is 0 Å². The topological polar surface area (TPSA) is 70.0 Å². The Morgan fingerprint density at radius 2 is 2.11 bits per heavy atom. The average Bonchev–Trinajstić information content (AvgIpc) is 3.32. The summed E-state index contributed by atoms with van der Waals surface area (Å²) in [5.74, 6) is 2.47. The maximum atomic E-state index is 13.1. The normalized spacial score (nSPS) is 20.5. The molecule has 1 aromatic carbocycles. The monoisotopic (exact) mass is 378 g/mol. The van der Waals surface area contributed by atoms with E-state index in [0.717, 1.165) is 42.2 Å². The molecule has 7 heteroatoms. The van der Waals surface area contributed by atoms with Crippen LogP contribution in [0.25, 0.3) is 10.9 Å². The van der Waals surface area contributed by atoms with Gasteiger partial charge in [0.1, 0.15) is 11.5 Å². The van der Waals surface area contributed by atoms with Crippen LogP contribution in [0.15, 0.2) is 24.3 Å². The molecule has 2 aliphatic heterocycles. The Bertz CT molecular complexity index is 1030. The summed E-state index contributed by atoms with van der Waals surface area (Å²) in [4.78, 5) is 20.6. The number of amides is 1. The predicted octanol–water partition coefficient (Wildman–Crippen LogP) is 2.53. The van der Waals surface area contributed by atoms with E-state index in [1.165, 1.54) is 18.4 Å². The molecule has 28 heavy (non-hydrogen) atoms. The lowest BCUT2D eigenvalue weighted by Gasteiger charge is -2.31. The van der Waals surface area contributed by atoms with Crippen molar-refractivity contribution in [2.24, 2.45) is 0 Å². The molecular formula is C21H26N6O. The van der Waals surface area contributed by atoms with Crippen molar-refractivity contribution >= 4 is 16.8 Å². The van der Waals surface area contributed by atoms with E-state index in [1.54, 1.807) is 0 Å². The second-order valence-corrected chi connectivity index (χ2v) is 8.17. The molecule has 1 fully saturated rings. The summed E-state index contributed by atoms with van der Waals surface area (Å²) in [5.41, 5.74) is 2.83. The molecule has 2 aromatic heterocycles. The Balaban J connectivity index is 1.37. The van der Waals surface area contributed by atoms with Gasteiger partial charge in [-0.1, -0.05) is 12.1 Å². The van der Waals surface area contributed by atoms with Crippen molar-refractivity contribution < 1.29 is 4.79 Å². The molecule has 4 heterocycles. The number of hydrogen-bond acceptors (Lipinski definition) is 4. The lowest BCUT2D eigenvalue weighted by Crippen LogP contribution is -2.39. The summed E-state index contributed by atoms with van der Waals surface area (Å²) in [7, 11) is 2.17. The molecule has 0 radical (unpaired) electrons. The van der Waals surface area contributed by atoms with Crippen LogP contribution in [0.3, 0.4) is 0 Å². The lowest BCUT2D eigenvalue weighted by atomic mass is 9.97. The van der Waals surface area contributed by atoms with Gasteiger partial charge in [0.25, 0.3) is 5.91 Å². The van der Waals surface area contributed by atoms with Gasteiger partial charge in [0, 0.05) is 36.5 Å². The molecule has 5 rings (SSSR count). The fraction of sp³-hybridized carbons (Fsp3) is 0.476. The highest BCUT2D eigenvalue weighted by atomic mass is 16.2. The van der Waals surface area contributed by atoms with Crippen molar-refractivity contribution in [2.45, 2.75) is 38.8 Å². The molecule has 1 N–H and O–H groups in total. The van der Waals surface area contributed by atoms with Gasteiger partial charge in [0.05, 0.1) is 6.54 Å². The molecule has 1 atom stereocenters. The minimum atomic E-state index is 0.0313. The molecule has 0 unspecified atom stereocenters. The van der Waals surface area contributed by atoms with E-state index in [1.807, 2.05) is 23.1 Å². The van der Waals surface area contributed by atoms with Crippen LogP contribution < -0.4 is 0 Å². The molecule has 146 valence electrons. The molecule has 1 saturated heterocycles. The minimum Gasteiger partial charge on any atom is -0.351 e. The summed E-state index contributed by atoms with van der Waals surface area (Å²) in [6.07, 6.45) is 2.37. The maximum absolute atomic E-state index is 13.1. The van der Waals surface area contributed by atoms with Gasteiger partial charge in [0.15, 0.2) is 5.82 Å². The second kappa shape index (κ2) is 6.74. The van der Waals surface area contributed by atoms with Gasteiger partial charge in [0.2, 0.25) is 0 Å². The van der Waals surface area contributed by atoms with Crippen molar-refractivity contribution in [1.29, 1.82) is 0 Å². The standard InChI is InChI=1S/C21H26N6O/c1-14-5-3-7-17-16(14)11-18(22-17)21(28)26-9-10-27-19(13-26)23-24-20(27)15-6-4-8-25(2)12-15/h3,5,7,11,15,22H,4,6,8-10,12-13H2,1-2H3/t15-/m1/s1. The predicted molar refractivity (Wildman–Crippen MR) is 107 cm³/mol. The van der Waals surface area contributed by atoms with Crippen LogP contribution in [0.5, 0.6) is 0 Å². The Kier molecular flexibility index (Phi) is 4.19. The number of likely N-dealkylation sites (N-methyl/N-ethyl adjacent to an activating group) is 1. The zero-order valence-corrected chi connectivity index (χ0v) is 16.5. The number of aryl methyl sites for hydroxylation is 1. The molecule has 3 aromatic rings. The first-order valence-corrected chi connectivity index (χ1v) is 10.1. The number of carbonyl (C=O) groups is 1. The highest BCUT2D eigenvalue weighted by Gasteiger charge is 2.30. The first kappa shape index (κ1) is 17.4. The molecular weight excluding hydrogens is 352 g/mol. The highest BCUT2D eigenvalue weighted by Crippen LogP contribution is 2.27. The van der Waals surface area contributed by atoms with Gasteiger partial charge in [-0.3, -0.25) is 4.79 Å². The summed E-state index contributed by atoms with van der Waals surface area (Å²) in [5, 5.41) is 10.0. The van der Waals surface area contributed by atoms with Crippen LogP contribution in [-0.4, -0.2) is 62.1 Å². The second-order valence-electron chi connectivity index (χ2n) is 8.17. The number of rotatable bonds is 2. The van der Waals surface area contributed by atoms with Crippen LogP contribution in [0.4, 0.5) is 0 Å². The number of benzene rings is 1. The van der Waals surface area contributed by atoms with E-state index in [-0.39, 0.29) is 5.91 Å². The number of nitrogens with zero attached hydrogens (tertiary/aromatic N) is 5. The maximum Gasteiger partial charge on any atom is 0.270 e. The van der Waals surface area contributed by atoms with Crippen LogP contribution in [-0.2, 0) is 13.1 Å². The quantitative estimate of drug-likeness (QED) is 0.744. The Hall–Kier alpha value is -2.67. The number of hydrogen-bond donors (Lipinski definition) is 1. The highest BCUT2D eigenvalue weighted by molar-refractivity contribution is 5.98. The van der Waals surface area contributed by atoms with Crippen molar-refractivity contribution in [1.82, 2.24) is 29.5 Å². The van der Waals surface area contributed by atoms with Crippen molar-refractivity contribution in [3.8, 4) is 0 Å². The van der Waals surface area contributed by atoms with Gasteiger partial charge < -0.3 is 19.4 Å². The Morgan fingerprint density at radius 1 is 1.21 bits per heavy atom. The number of likely N-dealkylation sites (tertiary alicyclic amines) is 1. The fourth-order valence-electron chi connectivity index (χ4n) is 4.63. The van der Waals surface area contributed by atoms with E-state index >= 15 is 0 Å². The molecule has 0 bridgehead atoms. The SMILES string of the molecule is Cc1cccc2[nH]c(C(=O)N3CCn4c(nnc4[C@@H]4CCCN(C)C4)C3)cc12. The number of carbonyl (C=O) groups excluding carboxylic acids is 1. The zero-order valence-electron chi connectivity index (χ0n) is 16.5. The van der Waals surface area contributed by atoms with Gasteiger partial charge in [-0.2, -0.15) is 0 Å². The summed E-state index contributed by atoms with van der Waals surface area (Å²) < 4.78 is 2.24. The van der Waals surface area contributed by atoms with Gasteiger partial charge in [-0.05, 0) is 51.1 Å². The zero-order chi connectivity index (χ0) is 19.3.